The first-order valence-electron chi connectivity index (χ1n) is 6.39. The minimum absolute atomic E-state index is 0. The predicted octanol–water partition coefficient (Wildman–Crippen LogP) is 4.93. The van der Waals surface area contributed by atoms with Gasteiger partial charge in [0.25, 0.3) is 0 Å². The minimum Gasteiger partial charge on any atom is -0.226 e. The van der Waals surface area contributed by atoms with Gasteiger partial charge in [0.1, 0.15) is 0 Å². The molecule has 0 fully saturated rings. The summed E-state index contributed by atoms with van der Waals surface area (Å²) in [5.74, 6) is 0. The predicted molar refractivity (Wildman–Crippen MR) is 79.7 cm³/mol. The maximum absolute atomic E-state index is 3.36. The van der Waals surface area contributed by atoms with E-state index < -0.39 is 0 Å². The third-order valence-electron chi connectivity index (χ3n) is 3.24. The van der Waals surface area contributed by atoms with Crippen LogP contribution in [0.4, 0.5) is 0 Å². The van der Waals surface area contributed by atoms with Gasteiger partial charge in [-0.15, -0.1) is 17.7 Å². The van der Waals surface area contributed by atoms with Gasteiger partial charge in [-0.25, -0.2) is 11.1 Å². The van der Waals surface area contributed by atoms with Crippen LogP contribution in [-0.4, -0.2) is 0 Å². The Bertz CT molecular complexity index is 673. The average molecular weight is 435 g/mol. The molecule has 3 aromatic rings. The zero-order valence-corrected chi connectivity index (χ0v) is 13.6. The first-order valence-corrected chi connectivity index (χ1v) is 6.39. The Kier molecular flexibility index (Phi) is 4.89. The normalized spacial score (nSPS) is 9.85. The molecule has 0 saturated carbocycles. The van der Waals surface area contributed by atoms with Gasteiger partial charge in [0, 0.05) is 20.1 Å². The first-order chi connectivity index (χ1) is 9.34. The summed E-state index contributed by atoms with van der Waals surface area (Å²) >= 11 is 0. The molecule has 3 rings (SSSR count). The summed E-state index contributed by atoms with van der Waals surface area (Å²) in [6.45, 7) is 2.14. The molecule has 0 aliphatic carbocycles. The van der Waals surface area contributed by atoms with E-state index in [1.54, 1.807) is 0 Å². The number of hydrogen-bond acceptors (Lipinski definition) is 0. The standard InChI is InChI=1S/C19H14.Ir/c1-15-14-18(16-8-4-2-5-9-16)12-13-19(15)17-10-6-3-7-11-17;/h2-8,10-11,13-14H,1H3;/q-2;. The monoisotopic (exact) mass is 435 g/mol. The maximum atomic E-state index is 3.36. The van der Waals surface area contributed by atoms with Crippen LogP contribution in [0.2, 0.25) is 0 Å². The van der Waals surface area contributed by atoms with E-state index in [1.807, 2.05) is 24.3 Å². The molecule has 0 bridgehead atoms. The van der Waals surface area contributed by atoms with Crippen molar-refractivity contribution in [3.63, 3.8) is 0 Å². The van der Waals surface area contributed by atoms with Crippen LogP contribution in [0.5, 0.6) is 0 Å². The van der Waals surface area contributed by atoms with Gasteiger partial charge in [-0.3, -0.25) is 0 Å². The third-order valence-corrected chi connectivity index (χ3v) is 3.24. The molecule has 0 aromatic heterocycles. The molecule has 0 unspecified atom stereocenters. The molecule has 0 saturated heterocycles. The van der Waals surface area contributed by atoms with Crippen molar-refractivity contribution in [1.29, 1.82) is 0 Å². The quantitative estimate of drug-likeness (QED) is 0.502. The van der Waals surface area contributed by atoms with Crippen molar-refractivity contribution in [2.75, 3.05) is 0 Å². The van der Waals surface area contributed by atoms with Crippen molar-refractivity contribution in [2.24, 2.45) is 0 Å². The number of hydrogen-bond donors (Lipinski definition) is 0. The fourth-order valence-electron chi connectivity index (χ4n) is 2.24. The zero-order valence-electron chi connectivity index (χ0n) is 11.2. The van der Waals surface area contributed by atoms with E-state index in [0.29, 0.717) is 0 Å². The van der Waals surface area contributed by atoms with Crippen molar-refractivity contribution < 1.29 is 20.1 Å². The molecule has 20 heavy (non-hydrogen) atoms. The van der Waals surface area contributed by atoms with Crippen LogP contribution in [0.1, 0.15) is 5.56 Å². The molecule has 0 spiro atoms. The van der Waals surface area contributed by atoms with Crippen molar-refractivity contribution in [3.8, 4) is 22.3 Å². The Labute approximate surface area is 133 Å². The van der Waals surface area contributed by atoms with E-state index in [9.17, 15) is 0 Å². The van der Waals surface area contributed by atoms with Gasteiger partial charge in [-0.05, 0) is 0 Å². The van der Waals surface area contributed by atoms with E-state index in [1.165, 1.54) is 16.7 Å². The Hall–Kier alpha value is -1.69. The molecule has 0 atom stereocenters. The first kappa shape index (κ1) is 14.7. The molecular formula is C19H14Ir-2. The summed E-state index contributed by atoms with van der Waals surface area (Å²) in [6.07, 6.45) is 0. The summed E-state index contributed by atoms with van der Waals surface area (Å²) in [6, 6.07) is 29.3. The summed E-state index contributed by atoms with van der Waals surface area (Å²) in [5.41, 5.74) is 5.92. The van der Waals surface area contributed by atoms with Gasteiger partial charge in [-0.2, -0.15) is 36.4 Å². The van der Waals surface area contributed by atoms with Crippen molar-refractivity contribution >= 4 is 0 Å². The number of rotatable bonds is 2. The topological polar surface area (TPSA) is 0 Å². The van der Waals surface area contributed by atoms with Gasteiger partial charge in [0.05, 0.1) is 0 Å². The van der Waals surface area contributed by atoms with E-state index in [0.717, 1.165) is 11.1 Å². The van der Waals surface area contributed by atoms with E-state index in [4.69, 9.17) is 0 Å². The van der Waals surface area contributed by atoms with E-state index >= 15 is 0 Å². The molecule has 0 heterocycles. The van der Waals surface area contributed by atoms with Crippen molar-refractivity contribution in [3.05, 3.63) is 84.4 Å². The zero-order chi connectivity index (χ0) is 13.1. The second kappa shape index (κ2) is 6.65. The Balaban J connectivity index is 0.00000147. The molecule has 3 aromatic carbocycles. The summed E-state index contributed by atoms with van der Waals surface area (Å²) in [7, 11) is 0. The van der Waals surface area contributed by atoms with Crippen LogP contribution in [-0.2, 0) is 20.1 Å². The van der Waals surface area contributed by atoms with Gasteiger partial charge in [0.2, 0.25) is 0 Å². The minimum atomic E-state index is 0. The Morgan fingerprint density at radius 1 is 0.800 bits per heavy atom. The summed E-state index contributed by atoms with van der Waals surface area (Å²) in [5, 5.41) is 0. The molecule has 101 valence electrons. The molecule has 0 aliphatic heterocycles. The maximum Gasteiger partial charge on any atom is 0 e. The molecule has 1 heteroatoms. The van der Waals surface area contributed by atoms with Gasteiger partial charge in [0.15, 0.2) is 0 Å². The summed E-state index contributed by atoms with van der Waals surface area (Å²) in [4.78, 5) is 0. The van der Waals surface area contributed by atoms with Crippen LogP contribution < -0.4 is 0 Å². The van der Waals surface area contributed by atoms with Crippen LogP contribution in [0.25, 0.3) is 22.3 Å². The van der Waals surface area contributed by atoms with Crippen LogP contribution in [0.15, 0.2) is 66.7 Å². The molecular weight excluding hydrogens is 420 g/mol. The molecule has 0 N–H and O–H groups in total. The van der Waals surface area contributed by atoms with Crippen LogP contribution >= 0.6 is 0 Å². The second-order valence-corrected chi connectivity index (χ2v) is 4.59. The van der Waals surface area contributed by atoms with Crippen LogP contribution in [0.3, 0.4) is 0 Å². The van der Waals surface area contributed by atoms with Crippen molar-refractivity contribution in [1.82, 2.24) is 0 Å². The SMILES string of the molecule is Cc1cc(-c2[c-]cccc2)[c-]cc1-c1ccccc1.[Ir]. The molecule has 0 nitrogen and oxygen atoms in total. The Morgan fingerprint density at radius 2 is 1.55 bits per heavy atom. The smallest absolute Gasteiger partial charge is 0 e. The fourth-order valence-corrected chi connectivity index (χ4v) is 2.24. The Morgan fingerprint density at radius 3 is 2.20 bits per heavy atom. The molecule has 0 amide bonds. The average Bonchev–Trinajstić information content (AvgIpc) is 2.49. The van der Waals surface area contributed by atoms with Crippen molar-refractivity contribution in [2.45, 2.75) is 6.92 Å². The summed E-state index contributed by atoms with van der Waals surface area (Å²) < 4.78 is 0. The van der Waals surface area contributed by atoms with Crippen LogP contribution in [0, 0.1) is 19.1 Å². The molecule has 0 aliphatic rings. The largest absolute Gasteiger partial charge is 0.226 e. The van der Waals surface area contributed by atoms with Gasteiger partial charge < -0.3 is 0 Å². The van der Waals surface area contributed by atoms with E-state index in [-0.39, 0.29) is 20.1 Å². The second-order valence-electron chi connectivity index (χ2n) is 4.59. The van der Waals surface area contributed by atoms with E-state index in [2.05, 4.69) is 61.5 Å². The molecule has 1 radical (unpaired) electrons. The number of benzene rings is 3. The van der Waals surface area contributed by atoms with Gasteiger partial charge >= 0.3 is 0 Å². The number of aryl methyl sites for hydroxylation is 1. The third kappa shape index (κ3) is 3.07. The fraction of sp³-hybridized carbons (Fsp3) is 0.0526. The van der Waals surface area contributed by atoms with Gasteiger partial charge in [-0.1, -0.05) is 48.4 Å².